The summed E-state index contributed by atoms with van der Waals surface area (Å²) in [6.07, 6.45) is 2.61. The number of benzene rings is 1. The number of thiophene rings is 1. The molecule has 1 aromatic heterocycles. The Kier molecular flexibility index (Phi) is 10.4. The van der Waals surface area contributed by atoms with Crippen LogP contribution < -0.4 is 10.6 Å². The lowest BCUT2D eigenvalue weighted by molar-refractivity contribution is 0.249. The Hall–Kier alpha value is -1.16. The first-order chi connectivity index (χ1) is 13.7. The lowest BCUT2D eigenvalue weighted by Crippen LogP contribution is -2.42. The Morgan fingerprint density at radius 2 is 1.90 bits per heavy atom. The molecule has 0 amide bonds. The minimum absolute atomic E-state index is 0. The van der Waals surface area contributed by atoms with Crippen molar-refractivity contribution >= 4 is 41.3 Å². The first kappa shape index (κ1) is 24.1. The van der Waals surface area contributed by atoms with Crippen molar-refractivity contribution in [1.29, 1.82) is 0 Å². The van der Waals surface area contributed by atoms with Crippen molar-refractivity contribution < 1.29 is 0 Å². The van der Waals surface area contributed by atoms with Crippen molar-refractivity contribution in [2.75, 3.05) is 40.8 Å². The predicted octanol–water partition coefficient (Wildman–Crippen LogP) is 3.93. The third-order valence-electron chi connectivity index (χ3n) is 5.09. The third-order valence-corrected chi connectivity index (χ3v) is 6.06. The Morgan fingerprint density at radius 1 is 1.14 bits per heavy atom. The molecule has 2 heterocycles. The highest BCUT2D eigenvalue weighted by molar-refractivity contribution is 14.0. The molecule has 0 saturated carbocycles. The van der Waals surface area contributed by atoms with Crippen LogP contribution in [0.4, 0.5) is 0 Å². The molecule has 2 aromatic rings. The molecule has 1 aliphatic heterocycles. The molecule has 1 aromatic carbocycles. The van der Waals surface area contributed by atoms with Gasteiger partial charge < -0.3 is 15.5 Å². The van der Waals surface area contributed by atoms with Gasteiger partial charge in [-0.25, -0.2) is 0 Å². The fourth-order valence-electron chi connectivity index (χ4n) is 3.75. The van der Waals surface area contributed by atoms with E-state index in [9.17, 15) is 0 Å². The lowest BCUT2D eigenvalue weighted by Gasteiger charge is -2.27. The second-order valence-corrected chi connectivity index (χ2v) is 8.62. The SMILES string of the molecule is CN=C(NCc1cccc(CN(C)C)c1)NCC(c1cccs1)N1CCCC1.I. The van der Waals surface area contributed by atoms with Crippen molar-refractivity contribution in [2.45, 2.75) is 32.0 Å². The van der Waals surface area contributed by atoms with Gasteiger partial charge in [-0.05, 0) is 62.6 Å². The fraction of sp³-hybridized carbons (Fsp3) is 0.500. The van der Waals surface area contributed by atoms with Crippen LogP contribution in [0.5, 0.6) is 0 Å². The zero-order chi connectivity index (χ0) is 19.8. The first-order valence-electron chi connectivity index (χ1n) is 10.1. The monoisotopic (exact) mass is 527 g/mol. The number of likely N-dealkylation sites (tertiary alicyclic amines) is 1. The molecule has 1 unspecified atom stereocenters. The number of halogens is 1. The highest BCUT2D eigenvalue weighted by Crippen LogP contribution is 2.27. The quantitative estimate of drug-likeness (QED) is 0.310. The number of hydrogen-bond acceptors (Lipinski definition) is 4. The van der Waals surface area contributed by atoms with E-state index in [1.807, 2.05) is 18.4 Å². The number of hydrogen-bond donors (Lipinski definition) is 2. The fourth-order valence-corrected chi connectivity index (χ4v) is 4.61. The maximum absolute atomic E-state index is 4.42. The van der Waals surface area contributed by atoms with Crippen molar-refractivity contribution in [1.82, 2.24) is 20.4 Å². The molecular weight excluding hydrogens is 493 g/mol. The average molecular weight is 528 g/mol. The van der Waals surface area contributed by atoms with E-state index in [1.165, 1.54) is 41.9 Å². The molecule has 0 aliphatic carbocycles. The van der Waals surface area contributed by atoms with Crippen LogP contribution in [0, 0.1) is 0 Å². The van der Waals surface area contributed by atoms with Crippen LogP contribution >= 0.6 is 35.3 Å². The summed E-state index contributed by atoms with van der Waals surface area (Å²) < 4.78 is 0. The molecule has 7 heteroatoms. The second kappa shape index (κ2) is 12.5. The molecule has 29 heavy (non-hydrogen) atoms. The summed E-state index contributed by atoms with van der Waals surface area (Å²) in [6.45, 7) is 4.98. The molecule has 0 radical (unpaired) electrons. The van der Waals surface area contributed by atoms with Gasteiger partial charge in [-0.15, -0.1) is 35.3 Å². The Bertz CT molecular complexity index is 741. The smallest absolute Gasteiger partial charge is 0.191 e. The Labute approximate surface area is 196 Å². The Balaban J connectivity index is 0.00000300. The molecule has 3 rings (SSSR count). The van der Waals surface area contributed by atoms with Crippen molar-refractivity contribution in [2.24, 2.45) is 4.99 Å². The molecule has 1 aliphatic rings. The van der Waals surface area contributed by atoms with Gasteiger partial charge in [0, 0.05) is 31.6 Å². The molecule has 160 valence electrons. The van der Waals surface area contributed by atoms with Gasteiger partial charge in [0.2, 0.25) is 0 Å². The topological polar surface area (TPSA) is 42.9 Å². The van der Waals surface area contributed by atoms with Crippen molar-refractivity contribution in [3.8, 4) is 0 Å². The van der Waals surface area contributed by atoms with E-state index in [-0.39, 0.29) is 24.0 Å². The predicted molar refractivity (Wildman–Crippen MR) is 135 cm³/mol. The first-order valence-corrected chi connectivity index (χ1v) is 11.0. The summed E-state index contributed by atoms with van der Waals surface area (Å²) in [6, 6.07) is 13.6. The summed E-state index contributed by atoms with van der Waals surface area (Å²) in [5.41, 5.74) is 2.61. The largest absolute Gasteiger partial charge is 0.354 e. The van der Waals surface area contributed by atoms with Crippen LogP contribution in [0.3, 0.4) is 0 Å². The highest BCUT2D eigenvalue weighted by Gasteiger charge is 2.24. The van der Waals surface area contributed by atoms with Gasteiger partial charge >= 0.3 is 0 Å². The second-order valence-electron chi connectivity index (χ2n) is 7.64. The number of aliphatic imine (C=N–C) groups is 1. The van der Waals surface area contributed by atoms with Crippen LogP contribution in [0.25, 0.3) is 0 Å². The highest BCUT2D eigenvalue weighted by atomic mass is 127. The Morgan fingerprint density at radius 3 is 2.55 bits per heavy atom. The van der Waals surface area contributed by atoms with Crippen LogP contribution in [-0.2, 0) is 13.1 Å². The van der Waals surface area contributed by atoms with Gasteiger partial charge in [-0.1, -0.05) is 30.3 Å². The summed E-state index contributed by atoms with van der Waals surface area (Å²) in [5.74, 6) is 0.860. The molecule has 0 spiro atoms. The zero-order valence-corrected chi connectivity index (χ0v) is 20.9. The number of guanidine groups is 1. The molecule has 2 N–H and O–H groups in total. The van der Waals surface area contributed by atoms with Gasteiger partial charge in [0.25, 0.3) is 0 Å². The van der Waals surface area contributed by atoms with Crippen LogP contribution in [0.1, 0.15) is 34.9 Å². The standard InChI is InChI=1S/C22H33N5S.HI/c1-23-22(24-15-18-8-6-9-19(14-18)17-26(2)3)25-16-20(21-10-7-13-28-21)27-11-4-5-12-27;/h6-10,13-14,20H,4-5,11-12,15-17H2,1-3H3,(H2,23,24,25);1H. The van der Waals surface area contributed by atoms with Crippen LogP contribution in [0.2, 0.25) is 0 Å². The molecule has 0 bridgehead atoms. The number of nitrogens with one attached hydrogen (secondary N) is 2. The zero-order valence-electron chi connectivity index (χ0n) is 17.7. The minimum Gasteiger partial charge on any atom is -0.354 e. The van der Waals surface area contributed by atoms with E-state index >= 15 is 0 Å². The maximum Gasteiger partial charge on any atom is 0.191 e. The lowest BCUT2D eigenvalue weighted by atomic mass is 10.1. The molecule has 5 nitrogen and oxygen atoms in total. The summed E-state index contributed by atoms with van der Waals surface area (Å²) >= 11 is 1.85. The molecular formula is C22H34IN5S. The van der Waals surface area contributed by atoms with Gasteiger partial charge in [0.15, 0.2) is 5.96 Å². The van der Waals surface area contributed by atoms with Gasteiger partial charge in [0.05, 0.1) is 6.04 Å². The number of rotatable bonds is 8. The van der Waals surface area contributed by atoms with E-state index in [0.29, 0.717) is 6.04 Å². The molecule has 1 fully saturated rings. The van der Waals surface area contributed by atoms with E-state index in [2.05, 4.69) is 81.3 Å². The summed E-state index contributed by atoms with van der Waals surface area (Å²) in [7, 11) is 6.04. The van der Waals surface area contributed by atoms with Crippen molar-refractivity contribution in [3.63, 3.8) is 0 Å². The van der Waals surface area contributed by atoms with Gasteiger partial charge in [-0.2, -0.15) is 0 Å². The minimum atomic E-state index is 0. The summed E-state index contributed by atoms with van der Waals surface area (Å²) in [5, 5.41) is 9.19. The molecule has 1 saturated heterocycles. The third kappa shape index (κ3) is 7.55. The van der Waals surface area contributed by atoms with Crippen molar-refractivity contribution in [3.05, 3.63) is 57.8 Å². The maximum atomic E-state index is 4.42. The van der Waals surface area contributed by atoms with E-state index < -0.39 is 0 Å². The van der Waals surface area contributed by atoms with Crippen LogP contribution in [-0.4, -0.2) is 56.5 Å². The van der Waals surface area contributed by atoms with Gasteiger partial charge in [-0.3, -0.25) is 9.89 Å². The van der Waals surface area contributed by atoms with E-state index in [4.69, 9.17) is 0 Å². The van der Waals surface area contributed by atoms with Crippen LogP contribution in [0.15, 0.2) is 46.8 Å². The van der Waals surface area contributed by atoms with E-state index in [0.717, 1.165) is 25.6 Å². The molecule has 1 atom stereocenters. The van der Waals surface area contributed by atoms with Gasteiger partial charge in [0.1, 0.15) is 0 Å². The number of nitrogens with zero attached hydrogens (tertiary/aromatic N) is 3. The van der Waals surface area contributed by atoms with E-state index in [1.54, 1.807) is 0 Å². The normalized spacial score (nSPS) is 15.9. The summed E-state index contributed by atoms with van der Waals surface area (Å²) in [4.78, 5) is 10.6. The average Bonchev–Trinajstić information content (AvgIpc) is 3.39.